The molecule has 1 aromatic carbocycles. The van der Waals surface area contributed by atoms with Crippen LogP contribution in [-0.4, -0.2) is 48.3 Å². The highest BCUT2D eigenvalue weighted by Gasteiger charge is 2.22. The van der Waals surface area contributed by atoms with E-state index in [0.29, 0.717) is 0 Å². The van der Waals surface area contributed by atoms with E-state index in [0.717, 1.165) is 38.1 Å². The van der Waals surface area contributed by atoms with Crippen molar-refractivity contribution in [3.8, 4) is 0 Å². The average Bonchev–Trinajstić information content (AvgIpc) is 2.90. The highest BCUT2D eigenvalue weighted by atomic mass is 19.1. The molecule has 1 fully saturated rings. The summed E-state index contributed by atoms with van der Waals surface area (Å²) in [5, 5.41) is 0. The van der Waals surface area contributed by atoms with Gasteiger partial charge < -0.3 is 15.5 Å². The fourth-order valence-electron chi connectivity index (χ4n) is 2.30. The number of carbonyl (C=O) groups is 2. The molecule has 1 heterocycles. The third-order valence-electron chi connectivity index (χ3n) is 3.34. The minimum absolute atomic E-state index is 0.00471. The van der Waals surface area contributed by atoms with Crippen LogP contribution in [0.4, 0.5) is 10.1 Å². The van der Waals surface area contributed by atoms with Crippen molar-refractivity contribution in [2.24, 2.45) is 0 Å². The maximum absolute atomic E-state index is 13.2. The van der Waals surface area contributed by atoms with Crippen molar-refractivity contribution >= 4 is 17.5 Å². The number of rotatable bonds is 3. The molecule has 2 N–H and O–H groups in total. The van der Waals surface area contributed by atoms with Crippen LogP contribution in [0.1, 0.15) is 23.2 Å². The number of benzene rings is 1. The topological polar surface area (TPSA) is 66.6 Å². The monoisotopic (exact) mass is 279 g/mol. The van der Waals surface area contributed by atoms with E-state index in [2.05, 4.69) is 0 Å². The molecule has 0 spiro atoms. The Morgan fingerprint density at radius 1 is 1.30 bits per heavy atom. The predicted octanol–water partition coefficient (Wildman–Crippen LogP) is 1.10. The Hall–Kier alpha value is -2.11. The lowest BCUT2D eigenvalue weighted by Crippen LogP contribution is -2.39. The molecule has 20 heavy (non-hydrogen) atoms. The number of likely N-dealkylation sites (tertiary alicyclic amines) is 1. The zero-order valence-electron chi connectivity index (χ0n) is 11.4. The van der Waals surface area contributed by atoms with Gasteiger partial charge in [0.05, 0.1) is 6.54 Å². The van der Waals surface area contributed by atoms with E-state index in [4.69, 9.17) is 5.73 Å². The normalized spacial score (nSPS) is 14.4. The fourth-order valence-corrected chi connectivity index (χ4v) is 2.30. The van der Waals surface area contributed by atoms with Gasteiger partial charge in [-0.05, 0) is 31.0 Å². The third-order valence-corrected chi connectivity index (χ3v) is 3.34. The minimum atomic E-state index is -0.562. The molecule has 6 heteroatoms. The highest BCUT2D eigenvalue weighted by Crippen LogP contribution is 2.13. The van der Waals surface area contributed by atoms with Gasteiger partial charge in [0.1, 0.15) is 5.82 Å². The molecule has 0 unspecified atom stereocenters. The van der Waals surface area contributed by atoms with Crippen LogP contribution in [0.3, 0.4) is 0 Å². The molecule has 0 aliphatic carbocycles. The molecule has 1 aromatic rings. The lowest BCUT2D eigenvalue weighted by molar-refractivity contribution is -0.130. The number of amides is 2. The van der Waals surface area contributed by atoms with Crippen molar-refractivity contribution in [1.29, 1.82) is 0 Å². The average molecular weight is 279 g/mol. The molecule has 108 valence electrons. The molecule has 2 rings (SSSR count). The van der Waals surface area contributed by atoms with Crippen LogP contribution < -0.4 is 5.73 Å². The molecule has 0 radical (unpaired) electrons. The van der Waals surface area contributed by atoms with Crippen molar-refractivity contribution < 1.29 is 14.0 Å². The van der Waals surface area contributed by atoms with Crippen molar-refractivity contribution in [3.05, 3.63) is 29.6 Å². The van der Waals surface area contributed by atoms with Crippen LogP contribution in [0, 0.1) is 5.82 Å². The van der Waals surface area contributed by atoms with E-state index in [1.165, 1.54) is 18.0 Å². The summed E-state index contributed by atoms with van der Waals surface area (Å²) in [4.78, 5) is 27.1. The molecule has 0 atom stereocenters. The van der Waals surface area contributed by atoms with Crippen LogP contribution in [0.25, 0.3) is 0 Å². The number of nitrogen functional groups attached to an aromatic ring is 1. The minimum Gasteiger partial charge on any atom is -0.399 e. The first-order valence-corrected chi connectivity index (χ1v) is 6.56. The first kappa shape index (κ1) is 14.3. The molecule has 5 nitrogen and oxygen atoms in total. The number of nitrogens with two attached hydrogens (primary N) is 1. The van der Waals surface area contributed by atoms with Crippen LogP contribution >= 0.6 is 0 Å². The Labute approximate surface area is 117 Å². The van der Waals surface area contributed by atoms with Crippen LogP contribution in [0.2, 0.25) is 0 Å². The Morgan fingerprint density at radius 3 is 2.55 bits per heavy atom. The number of halogens is 1. The molecule has 2 amide bonds. The van der Waals surface area contributed by atoms with Crippen molar-refractivity contribution in [1.82, 2.24) is 9.80 Å². The van der Waals surface area contributed by atoms with E-state index < -0.39 is 11.7 Å². The van der Waals surface area contributed by atoms with Gasteiger partial charge in [-0.15, -0.1) is 0 Å². The summed E-state index contributed by atoms with van der Waals surface area (Å²) < 4.78 is 13.2. The van der Waals surface area contributed by atoms with Gasteiger partial charge in [0.25, 0.3) is 5.91 Å². The Balaban J connectivity index is 2.02. The van der Waals surface area contributed by atoms with Crippen molar-refractivity contribution in [3.63, 3.8) is 0 Å². The number of carbonyl (C=O) groups excluding carboxylic acids is 2. The molecule has 1 aliphatic rings. The second-order valence-electron chi connectivity index (χ2n) is 5.02. The summed E-state index contributed by atoms with van der Waals surface area (Å²) in [6, 6.07) is 3.67. The first-order chi connectivity index (χ1) is 9.47. The number of nitrogens with zero attached hydrogens (tertiary/aromatic N) is 2. The number of anilines is 1. The number of likely N-dealkylation sites (N-methyl/N-ethyl adjacent to an activating group) is 1. The van der Waals surface area contributed by atoms with E-state index in [-0.39, 0.29) is 23.7 Å². The van der Waals surface area contributed by atoms with Gasteiger partial charge in [-0.2, -0.15) is 0 Å². The van der Waals surface area contributed by atoms with Gasteiger partial charge >= 0.3 is 0 Å². The highest BCUT2D eigenvalue weighted by molar-refractivity contribution is 5.97. The second kappa shape index (κ2) is 5.90. The molecule has 1 saturated heterocycles. The Bertz CT molecular complexity index is 507. The zero-order chi connectivity index (χ0) is 14.7. The molecular weight excluding hydrogens is 261 g/mol. The molecule has 0 aromatic heterocycles. The van der Waals surface area contributed by atoms with E-state index in [1.807, 2.05) is 0 Å². The van der Waals surface area contributed by atoms with Crippen LogP contribution in [-0.2, 0) is 4.79 Å². The first-order valence-electron chi connectivity index (χ1n) is 6.56. The van der Waals surface area contributed by atoms with Crippen LogP contribution in [0.5, 0.6) is 0 Å². The number of hydrogen-bond acceptors (Lipinski definition) is 3. The summed E-state index contributed by atoms with van der Waals surface area (Å²) in [5.74, 6) is -1.06. The van der Waals surface area contributed by atoms with Gasteiger partial charge in [0, 0.05) is 31.4 Å². The van der Waals surface area contributed by atoms with Gasteiger partial charge in [0.15, 0.2) is 0 Å². The van der Waals surface area contributed by atoms with Gasteiger partial charge in [-0.1, -0.05) is 0 Å². The maximum Gasteiger partial charge on any atom is 0.254 e. The Kier molecular flexibility index (Phi) is 4.22. The molecule has 0 saturated carbocycles. The summed E-state index contributed by atoms with van der Waals surface area (Å²) in [6.45, 7) is 1.48. The Morgan fingerprint density at radius 2 is 1.95 bits per heavy atom. The quantitative estimate of drug-likeness (QED) is 0.843. The maximum atomic E-state index is 13.2. The lowest BCUT2D eigenvalue weighted by Gasteiger charge is -2.21. The number of hydrogen-bond donors (Lipinski definition) is 1. The van der Waals surface area contributed by atoms with Gasteiger partial charge in [-0.3, -0.25) is 9.59 Å². The fraction of sp³-hybridized carbons (Fsp3) is 0.429. The zero-order valence-corrected chi connectivity index (χ0v) is 11.4. The third kappa shape index (κ3) is 3.26. The standard InChI is InChI=1S/C14H18FN3O2/c1-17(9-13(19)18-4-2-3-5-18)14(20)10-6-11(15)8-12(16)7-10/h6-8H,2-5,9,16H2,1H3. The van der Waals surface area contributed by atoms with Gasteiger partial charge in [0.2, 0.25) is 5.91 Å². The van der Waals surface area contributed by atoms with Crippen LogP contribution in [0.15, 0.2) is 18.2 Å². The SMILES string of the molecule is CN(CC(=O)N1CCCC1)C(=O)c1cc(N)cc(F)c1. The molecule has 0 bridgehead atoms. The van der Waals surface area contributed by atoms with Gasteiger partial charge in [-0.25, -0.2) is 4.39 Å². The second-order valence-corrected chi connectivity index (χ2v) is 5.02. The predicted molar refractivity (Wildman–Crippen MR) is 73.6 cm³/mol. The summed E-state index contributed by atoms with van der Waals surface area (Å²) in [7, 11) is 1.53. The smallest absolute Gasteiger partial charge is 0.254 e. The van der Waals surface area contributed by atoms with E-state index >= 15 is 0 Å². The summed E-state index contributed by atoms with van der Waals surface area (Å²) >= 11 is 0. The lowest BCUT2D eigenvalue weighted by atomic mass is 10.1. The van der Waals surface area contributed by atoms with E-state index in [1.54, 1.807) is 4.90 Å². The molecular formula is C14H18FN3O2. The van der Waals surface area contributed by atoms with E-state index in [9.17, 15) is 14.0 Å². The van der Waals surface area contributed by atoms with Crippen molar-refractivity contribution in [2.45, 2.75) is 12.8 Å². The summed E-state index contributed by atoms with van der Waals surface area (Å²) in [6.07, 6.45) is 2.01. The summed E-state index contributed by atoms with van der Waals surface area (Å²) in [5.41, 5.74) is 5.85. The van der Waals surface area contributed by atoms with Crippen molar-refractivity contribution in [2.75, 3.05) is 32.4 Å². The molecule has 1 aliphatic heterocycles. The largest absolute Gasteiger partial charge is 0.399 e.